The van der Waals surface area contributed by atoms with E-state index in [9.17, 15) is 32.3 Å². The van der Waals surface area contributed by atoms with Crippen molar-refractivity contribution in [2.24, 2.45) is 5.73 Å². The van der Waals surface area contributed by atoms with E-state index in [1.54, 1.807) is 6.92 Å². The molecule has 1 aliphatic heterocycles. The summed E-state index contributed by atoms with van der Waals surface area (Å²) in [5.74, 6) is -1.77. The van der Waals surface area contributed by atoms with E-state index < -0.39 is 47.1 Å². The summed E-state index contributed by atoms with van der Waals surface area (Å²) >= 11 is 0. The maximum atomic E-state index is 14.7. The predicted octanol–water partition coefficient (Wildman–Crippen LogP) is 4.14. The molecule has 1 aromatic heterocycles. The maximum absolute atomic E-state index is 14.7. The van der Waals surface area contributed by atoms with Gasteiger partial charge in [0.15, 0.2) is 11.5 Å². The number of rotatable bonds is 10. The van der Waals surface area contributed by atoms with E-state index in [1.165, 1.54) is 37.4 Å². The highest BCUT2D eigenvalue weighted by molar-refractivity contribution is 5.95. The van der Waals surface area contributed by atoms with Crippen molar-refractivity contribution in [3.8, 4) is 28.5 Å². The zero-order valence-electron chi connectivity index (χ0n) is 23.3. The molecule has 2 atom stereocenters. The third-order valence-corrected chi connectivity index (χ3v) is 7.79. The monoisotopic (exact) mass is 603 g/mol. The second kappa shape index (κ2) is 11.0. The zero-order valence-corrected chi connectivity index (χ0v) is 23.3. The van der Waals surface area contributed by atoms with Crippen LogP contribution in [-0.4, -0.2) is 54.4 Å². The number of fused-ring (bicyclic) bond motifs is 1. The largest absolute Gasteiger partial charge is 0.493 e. The number of nitrogens with one attached hydrogen (secondary N) is 1. The van der Waals surface area contributed by atoms with Gasteiger partial charge in [0.1, 0.15) is 29.3 Å². The molecule has 2 amide bonds. The average molecular weight is 604 g/mol. The summed E-state index contributed by atoms with van der Waals surface area (Å²) < 4.78 is 74.4. The molecule has 2 aromatic carbocycles. The Labute approximate surface area is 244 Å². The molecule has 0 saturated heterocycles. The van der Waals surface area contributed by atoms with E-state index >= 15 is 0 Å². The molecule has 1 fully saturated rings. The van der Waals surface area contributed by atoms with Crippen LogP contribution in [0.4, 0.5) is 17.6 Å². The number of nitrogens with two attached hydrogens (primary N) is 1. The molecular weight excluding hydrogens is 574 g/mol. The molecule has 43 heavy (non-hydrogen) atoms. The molecule has 0 radical (unpaired) electrons. The van der Waals surface area contributed by atoms with Gasteiger partial charge in [-0.3, -0.25) is 9.59 Å². The fourth-order valence-electron chi connectivity index (χ4n) is 4.91. The molecule has 228 valence electrons. The van der Waals surface area contributed by atoms with Gasteiger partial charge < -0.3 is 30.4 Å². The van der Waals surface area contributed by atoms with Crippen molar-refractivity contribution in [1.82, 2.24) is 10.3 Å². The van der Waals surface area contributed by atoms with Crippen molar-refractivity contribution in [2.45, 2.75) is 49.5 Å². The Balaban J connectivity index is 1.55. The number of alkyl halides is 3. The first-order chi connectivity index (χ1) is 20.3. The lowest BCUT2D eigenvalue weighted by Crippen LogP contribution is -2.52. The highest BCUT2D eigenvalue weighted by Crippen LogP contribution is 2.49. The predicted molar refractivity (Wildman–Crippen MR) is 145 cm³/mol. The number of benzene rings is 2. The minimum Gasteiger partial charge on any atom is -0.493 e. The average Bonchev–Trinajstić information content (AvgIpc) is 3.71. The molecule has 4 N–H and O–H groups in total. The van der Waals surface area contributed by atoms with Gasteiger partial charge >= 0.3 is 6.18 Å². The number of primary amides is 1. The highest BCUT2D eigenvalue weighted by atomic mass is 19.4. The van der Waals surface area contributed by atoms with Gasteiger partial charge in [-0.25, -0.2) is 9.37 Å². The Bertz CT molecular complexity index is 1560. The molecular formula is C30H29F4N3O6. The Kier molecular flexibility index (Phi) is 7.71. The number of hydrogen-bond acceptors (Lipinski definition) is 7. The Morgan fingerprint density at radius 2 is 1.84 bits per heavy atom. The third kappa shape index (κ3) is 5.44. The van der Waals surface area contributed by atoms with Crippen LogP contribution in [0.1, 0.15) is 47.8 Å². The number of methoxy groups -OCH3 is 1. The number of carbonyl (C=O) groups is 2. The summed E-state index contributed by atoms with van der Waals surface area (Å²) in [6, 6.07) is 9.81. The molecule has 2 heterocycles. The van der Waals surface area contributed by atoms with Crippen molar-refractivity contribution < 1.29 is 46.5 Å². The number of hydrogen-bond donors (Lipinski definition) is 3. The first kappa shape index (κ1) is 30.1. The number of aliphatic hydroxyl groups is 1. The van der Waals surface area contributed by atoms with E-state index in [4.69, 9.17) is 19.9 Å². The fourth-order valence-corrected chi connectivity index (χ4v) is 4.91. The van der Waals surface area contributed by atoms with Gasteiger partial charge in [0.2, 0.25) is 11.5 Å². The van der Waals surface area contributed by atoms with Gasteiger partial charge in [0.05, 0.1) is 25.5 Å². The summed E-state index contributed by atoms with van der Waals surface area (Å²) in [6.45, 7) is 0.0203. The normalized spacial score (nSPS) is 19.1. The minimum absolute atomic E-state index is 0.00295. The van der Waals surface area contributed by atoms with E-state index in [-0.39, 0.29) is 53.0 Å². The quantitative estimate of drug-likeness (QED) is 0.297. The van der Waals surface area contributed by atoms with Crippen molar-refractivity contribution in [3.63, 3.8) is 0 Å². The van der Waals surface area contributed by atoms with Gasteiger partial charge in [0.25, 0.3) is 5.91 Å². The summed E-state index contributed by atoms with van der Waals surface area (Å²) in [6.07, 6.45) is -3.47. The fraction of sp³-hybridized carbons (Fsp3) is 0.367. The van der Waals surface area contributed by atoms with Crippen molar-refractivity contribution in [3.05, 3.63) is 71.2 Å². The first-order valence-electron chi connectivity index (χ1n) is 13.5. The summed E-state index contributed by atoms with van der Waals surface area (Å²) in [5, 5.41) is 13.4. The standard InChI is InChI=1S/C30H29F4N3O6/c1-3-28(27(35)39)15-42-25-20(28)13-23(37-24(25)16-4-7-18(31)8-5-16)29(40,30(32,33)34)14-36-26(38)17-6-11-21(22(12-17)41-2)43-19-9-10-19/h4-8,11-13,19,40H,3,9-10,14-15H2,1-2H3,(H2,35,39)(H,36,38)/t28-,29?/m1/s1. The zero-order chi connectivity index (χ0) is 31.2. The molecule has 3 aromatic rings. The highest BCUT2D eigenvalue weighted by Gasteiger charge is 2.58. The second-order valence-corrected chi connectivity index (χ2v) is 10.6. The Morgan fingerprint density at radius 1 is 1.14 bits per heavy atom. The molecule has 5 rings (SSSR count). The number of halogens is 4. The van der Waals surface area contributed by atoms with Crippen molar-refractivity contribution in [2.75, 3.05) is 20.3 Å². The number of aromatic nitrogens is 1. The van der Waals surface area contributed by atoms with Crippen molar-refractivity contribution in [1.29, 1.82) is 0 Å². The minimum atomic E-state index is -5.34. The van der Waals surface area contributed by atoms with Gasteiger partial charge in [-0.05, 0) is 67.8 Å². The number of amides is 2. The lowest BCUT2D eigenvalue weighted by molar-refractivity contribution is -0.265. The van der Waals surface area contributed by atoms with Gasteiger partial charge in [-0.2, -0.15) is 13.2 Å². The number of carbonyl (C=O) groups excluding carboxylic acids is 2. The molecule has 13 heteroatoms. The third-order valence-electron chi connectivity index (χ3n) is 7.79. The van der Waals surface area contributed by atoms with Crippen LogP contribution in [0.25, 0.3) is 11.3 Å². The molecule has 1 saturated carbocycles. The van der Waals surface area contributed by atoms with Gasteiger partial charge in [-0.15, -0.1) is 0 Å². The summed E-state index contributed by atoms with van der Waals surface area (Å²) in [4.78, 5) is 29.7. The van der Waals surface area contributed by atoms with Crippen LogP contribution in [0, 0.1) is 5.82 Å². The van der Waals surface area contributed by atoms with E-state index in [2.05, 4.69) is 10.3 Å². The topological polar surface area (TPSA) is 133 Å². The van der Waals surface area contributed by atoms with Crippen LogP contribution in [0.3, 0.4) is 0 Å². The summed E-state index contributed by atoms with van der Waals surface area (Å²) in [5.41, 5.74) is -0.479. The van der Waals surface area contributed by atoms with Crippen LogP contribution < -0.4 is 25.3 Å². The number of ether oxygens (including phenoxy) is 3. The number of pyridine rings is 1. The molecule has 1 aliphatic carbocycles. The van der Waals surface area contributed by atoms with E-state index in [0.29, 0.717) is 5.75 Å². The Hall–Kier alpha value is -4.39. The molecule has 2 aliphatic rings. The van der Waals surface area contributed by atoms with Crippen LogP contribution >= 0.6 is 0 Å². The van der Waals surface area contributed by atoms with E-state index in [0.717, 1.165) is 31.0 Å². The second-order valence-electron chi connectivity index (χ2n) is 10.6. The van der Waals surface area contributed by atoms with Crippen LogP contribution in [-0.2, 0) is 15.8 Å². The number of nitrogens with zero attached hydrogens (tertiary/aromatic N) is 1. The smallest absolute Gasteiger partial charge is 0.424 e. The van der Waals surface area contributed by atoms with Gasteiger partial charge in [0, 0.05) is 16.7 Å². The first-order valence-corrected chi connectivity index (χ1v) is 13.5. The lowest BCUT2D eigenvalue weighted by atomic mass is 9.78. The summed E-state index contributed by atoms with van der Waals surface area (Å²) in [7, 11) is 1.36. The van der Waals surface area contributed by atoms with Crippen LogP contribution in [0.2, 0.25) is 0 Å². The SMILES string of the molecule is CC[C@@]1(C(N)=O)COc2c1cc(C(O)(CNC(=O)c1ccc(OC3CC3)c(OC)c1)C(F)(F)F)nc2-c1ccc(F)cc1. The lowest BCUT2D eigenvalue weighted by Gasteiger charge is -2.32. The molecule has 1 unspecified atom stereocenters. The van der Waals surface area contributed by atoms with Gasteiger partial charge in [-0.1, -0.05) is 6.92 Å². The van der Waals surface area contributed by atoms with Crippen LogP contribution in [0.15, 0.2) is 48.5 Å². The Morgan fingerprint density at radius 3 is 2.42 bits per heavy atom. The van der Waals surface area contributed by atoms with E-state index in [1.807, 2.05) is 0 Å². The van der Waals surface area contributed by atoms with Crippen molar-refractivity contribution >= 4 is 11.8 Å². The van der Waals surface area contributed by atoms with Crippen LogP contribution in [0.5, 0.6) is 17.2 Å². The maximum Gasteiger partial charge on any atom is 0.424 e. The molecule has 0 bridgehead atoms. The molecule has 9 nitrogen and oxygen atoms in total. The molecule has 0 spiro atoms.